The molecule has 1 aliphatic heterocycles. The highest BCUT2D eigenvalue weighted by Gasteiger charge is 2.16. The van der Waals surface area contributed by atoms with Crippen LogP contribution in [-0.2, 0) is 0 Å². The van der Waals surface area contributed by atoms with Crippen molar-refractivity contribution in [3.05, 3.63) is 0 Å². The standard InChI is InChI=1S/C11H26N4/c1-11(12)10-15-8-6-14(7-9-15)5-4-13(2)3/h11H,4-10,12H2,1-3H3/t11-/m1/s1. The zero-order valence-corrected chi connectivity index (χ0v) is 10.4. The predicted octanol–water partition coefficient (Wildman–Crippen LogP) is -0.487. The van der Waals surface area contributed by atoms with Crippen molar-refractivity contribution in [1.29, 1.82) is 0 Å². The summed E-state index contributed by atoms with van der Waals surface area (Å²) in [5, 5.41) is 0. The predicted molar refractivity (Wildman–Crippen MR) is 65.1 cm³/mol. The summed E-state index contributed by atoms with van der Waals surface area (Å²) in [5.41, 5.74) is 5.79. The van der Waals surface area contributed by atoms with Crippen molar-refractivity contribution >= 4 is 0 Å². The monoisotopic (exact) mass is 214 g/mol. The van der Waals surface area contributed by atoms with E-state index in [4.69, 9.17) is 5.73 Å². The van der Waals surface area contributed by atoms with Crippen molar-refractivity contribution in [2.75, 3.05) is 59.9 Å². The fraction of sp³-hybridized carbons (Fsp3) is 1.00. The fourth-order valence-corrected chi connectivity index (χ4v) is 1.94. The van der Waals surface area contributed by atoms with Gasteiger partial charge in [-0.3, -0.25) is 9.80 Å². The maximum Gasteiger partial charge on any atom is 0.0139 e. The number of piperazine rings is 1. The van der Waals surface area contributed by atoms with Crippen LogP contribution in [-0.4, -0.2) is 80.7 Å². The summed E-state index contributed by atoms with van der Waals surface area (Å²) in [5.74, 6) is 0. The number of hydrogen-bond donors (Lipinski definition) is 1. The molecule has 0 aliphatic carbocycles. The normalized spacial score (nSPS) is 22.2. The Morgan fingerprint density at radius 1 is 1.13 bits per heavy atom. The molecule has 1 heterocycles. The second kappa shape index (κ2) is 6.43. The average Bonchev–Trinajstić information content (AvgIpc) is 2.16. The van der Waals surface area contributed by atoms with Gasteiger partial charge in [-0.15, -0.1) is 0 Å². The number of likely N-dealkylation sites (N-methyl/N-ethyl adjacent to an activating group) is 1. The van der Waals surface area contributed by atoms with E-state index in [-0.39, 0.29) is 0 Å². The lowest BCUT2D eigenvalue weighted by Crippen LogP contribution is -2.50. The molecule has 2 N–H and O–H groups in total. The maximum absolute atomic E-state index is 5.79. The minimum absolute atomic E-state index is 0.304. The molecule has 15 heavy (non-hydrogen) atoms. The number of rotatable bonds is 5. The van der Waals surface area contributed by atoms with Gasteiger partial charge in [0.25, 0.3) is 0 Å². The van der Waals surface area contributed by atoms with Gasteiger partial charge >= 0.3 is 0 Å². The SMILES string of the molecule is C[C@@H](N)CN1CCN(CCN(C)C)CC1. The third-order valence-corrected chi connectivity index (χ3v) is 2.87. The molecule has 1 atom stereocenters. The topological polar surface area (TPSA) is 35.7 Å². The quantitative estimate of drug-likeness (QED) is 0.670. The van der Waals surface area contributed by atoms with E-state index in [2.05, 4.69) is 35.7 Å². The van der Waals surface area contributed by atoms with Crippen molar-refractivity contribution in [3.8, 4) is 0 Å². The van der Waals surface area contributed by atoms with Crippen LogP contribution >= 0.6 is 0 Å². The van der Waals surface area contributed by atoms with Crippen LogP contribution in [0.4, 0.5) is 0 Å². The van der Waals surface area contributed by atoms with Crippen molar-refractivity contribution < 1.29 is 0 Å². The first-order valence-electron chi connectivity index (χ1n) is 5.93. The van der Waals surface area contributed by atoms with Crippen LogP contribution < -0.4 is 5.73 Å². The highest BCUT2D eigenvalue weighted by Crippen LogP contribution is 2.01. The van der Waals surface area contributed by atoms with E-state index in [0.717, 1.165) is 13.1 Å². The minimum atomic E-state index is 0.304. The van der Waals surface area contributed by atoms with E-state index >= 15 is 0 Å². The summed E-state index contributed by atoms with van der Waals surface area (Å²) in [7, 11) is 4.26. The molecule has 1 rings (SSSR count). The van der Waals surface area contributed by atoms with Crippen molar-refractivity contribution in [2.45, 2.75) is 13.0 Å². The van der Waals surface area contributed by atoms with Gasteiger partial charge in [-0.05, 0) is 21.0 Å². The molecule has 4 nitrogen and oxygen atoms in total. The van der Waals surface area contributed by atoms with Crippen LogP contribution in [0.2, 0.25) is 0 Å². The number of hydrogen-bond acceptors (Lipinski definition) is 4. The van der Waals surface area contributed by atoms with Crippen molar-refractivity contribution in [3.63, 3.8) is 0 Å². The molecule has 0 spiro atoms. The second-order valence-electron chi connectivity index (χ2n) is 4.92. The van der Waals surface area contributed by atoms with Gasteiger partial charge in [0.1, 0.15) is 0 Å². The van der Waals surface area contributed by atoms with E-state index in [1.54, 1.807) is 0 Å². The lowest BCUT2D eigenvalue weighted by Gasteiger charge is -2.35. The summed E-state index contributed by atoms with van der Waals surface area (Å²) in [4.78, 5) is 7.25. The fourth-order valence-electron chi connectivity index (χ4n) is 1.94. The maximum atomic E-state index is 5.79. The molecule has 0 bridgehead atoms. The van der Waals surface area contributed by atoms with E-state index in [9.17, 15) is 0 Å². The van der Waals surface area contributed by atoms with E-state index in [1.165, 1.54) is 32.7 Å². The molecule has 0 unspecified atom stereocenters. The molecule has 90 valence electrons. The Hall–Kier alpha value is -0.160. The Kier molecular flexibility index (Phi) is 5.53. The molecule has 0 saturated carbocycles. The van der Waals surface area contributed by atoms with Crippen LogP contribution in [0.25, 0.3) is 0 Å². The smallest absolute Gasteiger partial charge is 0.0139 e. The van der Waals surface area contributed by atoms with Gasteiger partial charge in [0.2, 0.25) is 0 Å². The molecular formula is C11H26N4. The van der Waals surface area contributed by atoms with Gasteiger partial charge in [0, 0.05) is 51.9 Å². The second-order valence-corrected chi connectivity index (χ2v) is 4.92. The molecule has 0 radical (unpaired) electrons. The molecule has 1 fully saturated rings. The van der Waals surface area contributed by atoms with E-state index < -0.39 is 0 Å². The van der Waals surface area contributed by atoms with Crippen LogP contribution in [0.3, 0.4) is 0 Å². The van der Waals surface area contributed by atoms with Crippen molar-refractivity contribution in [1.82, 2.24) is 14.7 Å². The molecule has 0 aromatic rings. The van der Waals surface area contributed by atoms with Gasteiger partial charge < -0.3 is 10.6 Å². The van der Waals surface area contributed by atoms with Gasteiger partial charge in [0.05, 0.1) is 0 Å². The first kappa shape index (κ1) is 12.9. The zero-order valence-electron chi connectivity index (χ0n) is 10.4. The Balaban J connectivity index is 2.12. The van der Waals surface area contributed by atoms with E-state index in [0.29, 0.717) is 6.04 Å². The Labute approximate surface area is 94.0 Å². The highest BCUT2D eigenvalue weighted by molar-refractivity contribution is 4.74. The van der Waals surface area contributed by atoms with Gasteiger partial charge in [-0.25, -0.2) is 0 Å². The molecule has 0 amide bonds. The molecule has 1 aliphatic rings. The highest BCUT2D eigenvalue weighted by atomic mass is 15.3. The van der Waals surface area contributed by atoms with Crippen LogP contribution in [0.1, 0.15) is 6.92 Å². The lowest BCUT2D eigenvalue weighted by atomic mass is 10.2. The molecule has 4 heteroatoms. The summed E-state index contributed by atoms with van der Waals surface area (Å²) in [6.45, 7) is 10.2. The molecule has 0 aromatic carbocycles. The molecule has 0 aromatic heterocycles. The Morgan fingerprint density at radius 2 is 1.67 bits per heavy atom. The minimum Gasteiger partial charge on any atom is -0.327 e. The van der Waals surface area contributed by atoms with Crippen molar-refractivity contribution in [2.24, 2.45) is 5.73 Å². The Morgan fingerprint density at radius 3 is 2.13 bits per heavy atom. The lowest BCUT2D eigenvalue weighted by molar-refractivity contribution is 0.122. The first-order chi connectivity index (χ1) is 7.08. The average molecular weight is 214 g/mol. The zero-order chi connectivity index (χ0) is 11.3. The van der Waals surface area contributed by atoms with Gasteiger partial charge in [-0.1, -0.05) is 0 Å². The largest absolute Gasteiger partial charge is 0.327 e. The summed E-state index contributed by atoms with van der Waals surface area (Å²) in [6, 6.07) is 0.304. The number of nitrogens with zero attached hydrogens (tertiary/aromatic N) is 3. The third-order valence-electron chi connectivity index (χ3n) is 2.87. The van der Waals surface area contributed by atoms with Gasteiger partial charge in [-0.2, -0.15) is 0 Å². The molecule has 1 saturated heterocycles. The number of nitrogens with two attached hydrogens (primary N) is 1. The Bertz CT molecular complexity index is 162. The summed E-state index contributed by atoms with van der Waals surface area (Å²) >= 11 is 0. The summed E-state index contributed by atoms with van der Waals surface area (Å²) in [6.07, 6.45) is 0. The van der Waals surface area contributed by atoms with Crippen LogP contribution in [0.15, 0.2) is 0 Å². The first-order valence-corrected chi connectivity index (χ1v) is 5.93. The van der Waals surface area contributed by atoms with Gasteiger partial charge in [0.15, 0.2) is 0 Å². The van der Waals surface area contributed by atoms with Crippen LogP contribution in [0, 0.1) is 0 Å². The van der Waals surface area contributed by atoms with E-state index in [1.807, 2.05) is 0 Å². The summed E-state index contributed by atoms with van der Waals surface area (Å²) < 4.78 is 0. The van der Waals surface area contributed by atoms with Crippen LogP contribution in [0.5, 0.6) is 0 Å². The molecular weight excluding hydrogens is 188 g/mol. The third kappa shape index (κ3) is 5.47.